The number of halogens is 3. The van der Waals surface area contributed by atoms with Gasteiger partial charge in [0.1, 0.15) is 23.0 Å². The average Bonchev–Trinajstić information content (AvgIpc) is 3.74. The van der Waals surface area contributed by atoms with Crippen molar-refractivity contribution in [3.05, 3.63) is 118 Å². The fourth-order valence-electron chi connectivity index (χ4n) is 8.70. The highest BCUT2D eigenvalue weighted by Gasteiger charge is 2.23. The van der Waals surface area contributed by atoms with E-state index in [9.17, 15) is 16.8 Å². The van der Waals surface area contributed by atoms with Gasteiger partial charge in [0.15, 0.2) is 19.7 Å². The molecule has 0 amide bonds. The average molecular weight is 1080 g/mol. The number of sulfone groups is 2. The van der Waals surface area contributed by atoms with Crippen LogP contribution in [0, 0.1) is 11.8 Å². The van der Waals surface area contributed by atoms with Crippen LogP contribution in [-0.2, 0) is 19.7 Å². The minimum atomic E-state index is -3.32. The molecule has 0 unspecified atom stereocenters. The summed E-state index contributed by atoms with van der Waals surface area (Å²) in [7, 11) is -2.32. The van der Waals surface area contributed by atoms with E-state index in [2.05, 4.69) is 60.1 Å². The zero-order valence-corrected chi connectivity index (χ0v) is 43.9. The van der Waals surface area contributed by atoms with Crippen molar-refractivity contribution in [2.45, 2.75) is 49.3 Å². The topological polar surface area (TPSA) is 147 Å². The number of anilines is 2. The Hall–Kier alpha value is -4.74. The maximum absolute atomic E-state index is 12.5. The molecule has 0 saturated carbocycles. The molecule has 0 atom stereocenters. The zero-order chi connectivity index (χ0) is 48.9. The van der Waals surface area contributed by atoms with Crippen molar-refractivity contribution >= 4 is 92.2 Å². The number of nitrogens with zero attached hydrogens (tertiary/aromatic N) is 4. The Morgan fingerprint density at radius 3 is 1.83 bits per heavy atom. The van der Waals surface area contributed by atoms with Crippen molar-refractivity contribution in [2.24, 2.45) is 11.8 Å². The molecule has 364 valence electrons. The molecule has 9 rings (SSSR count). The van der Waals surface area contributed by atoms with E-state index in [1.54, 1.807) is 68.7 Å². The lowest BCUT2D eigenvalue weighted by Crippen LogP contribution is -2.32. The molecular weight excluding hydrogens is 1020 g/mol. The van der Waals surface area contributed by atoms with Gasteiger partial charge in [-0.2, -0.15) is 0 Å². The number of benzene rings is 4. The fraction of sp³-hybridized carbons (Fsp3) is 0.346. The monoisotopic (exact) mass is 1070 g/mol. The lowest BCUT2D eigenvalue weighted by atomic mass is 9.98. The van der Waals surface area contributed by atoms with Crippen LogP contribution in [0.2, 0.25) is 10.0 Å². The first kappa shape index (κ1) is 50.6. The molecule has 0 spiro atoms. The minimum absolute atomic E-state index is 0.0578. The molecule has 7 aromatic rings. The first-order valence-electron chi connectivity index (χ1n) is 23.2. The number of piperidine rings is 2. The molecule has 2 saturated heterocycles. The van der Waals surface area contributed by atoms with Gasteiger partial charge in [0.05, 0.1) is 60.2 Å². The van der Waals surface area contributed by atoms with E-state index in [4.69, 9.17) is 32.7 Å². The number of hydrogen-bond donors (Lipinski definition) is 2. The van der Waals surface area contributed by atoms with E-state index < -0.39 is 19.7 Å². The van der Waals surface area contributed by atoms with Gasteiger partial charge in [0.25, 0.3) is 0 Å². The third-order valence-corrected chi connectivity index (χ3v) is 17.5. The summed E-state index contributed by atoms with van der Waals surface area (Å²) in [4.78, 5) is 17.6. The predicted octanol–water partition coefficient (Wildman–Crippen LogP) is 12.0. The molecule has 3 aromatic heterocycles. The van der Waals surface area contributed by atoms with E-state index in [-0.39, 0.29) is 11.5 Å². The third kappa shape index (κ3) is 12.2. The second kappa shape index (κ2) is 22.1. The molecule has 2 fully saturated rings. The van der Waals surface area contributed by atoms with Gasteiger partial charge in [0.2, 0.25) is 0 Å². The Morgan fingerprint density at radius 2 is 1.22 bits per heavy atom. The molecule has 2 aliphatic rings. The van der Waals surface area contributed by atoms with Crippen LogP contribution in [0.25, 0.3) is 44.2 Å². The first-order valence-corrected chi connectivity index (χ1v) is 28.1. The van der Waals surface area contributed by atoms with Gasteiger partial charge in [-0.1, -0.05) is 67.4 Å². The van der Waals surface area contributed by atoms with Crippen molar-refractivity contribution in [3.63, 3.8) is 0 Å². The maximum Gasteiger partial charge on any atom is 0.178 e. The minimum Gasteiger partial charge on any atom is -0.491 e. The molecule has 4 aromatic carbocycles. The number of rotatable bonds is 14. The number of H-pyrrole nitrogens is 1. The lowest BCUT2D eigenvalue weighted by molar-refractivity contribution is 0.160. The van der Waals surface area contributed by atoms with E-state index in [0.29, 0.717) is 62.1 Å². The second-order valence-electron chi connectivity index (χ2n) is 17.8. The van der Waals surface area contributed by atoms with E-state index >= 15 is 0 Å². The van der Waals surface area contributed by atoms with Gasteiger partial charge in [-0.3, -0.25) is 0 Å². The SMILES string of the molecule is CCS(=O)(=O)c1cccc(-c2ccc(OCC3CCN(C)CC3)c(Nc3ncc(Cl)cc3Br)c2)c1.CCS(=O)(=O)c1cccc(-c2ccc(OCC3CCN(C)CC3)c3[nH]c4ncc(Cl)cc4c23)c1. The number of ether oxygens (including phenoxy) is 2. The van der Waals surface area contributed by atoms with Gasteiger partial charge in [-0.15, -0.1) is 0 Å². The molecule has 17 heteroatoms. The fourth-order valence-corrected chi connectivity index (χ4v) is 11.4. The second-order valence-corrected chi connectivity index (χ2v) is 24.1. The maximum atomic E-state index is 12.5. The highest BCUT2D eigenvalue weighted by molar-refractivity contribution is 9.10. The van der Waals surface area contributed by atoms with Gasteiger partial charge in [-0.05, 0) is 177 Å². The van der Waals surface area contributed by atoms with Crippen molar-refractivity contribution < 1.29 is 26.3 Å². The van der Waals surface area contributed by atoms with Crippen molar-refractivity contribution in [2.75, 3.05) is 70.3 Å². The molecule has 12 nitrogen and oxygen atoms in total. The number of fused-ring (bicyclic) bond motifs is 3. The Bertz CT molecular complexity index is 3180. The van der Waals surface area contributed by atoms with Crippen LogP contribution in [0.5, 0.6) is 11.5 Å². The number of pyridine rings is 2. The van der Waals surface area contributed by atoms with E-state index in [1.807, 2.05) is 48.5 Å². The summed E-state index contributed by atoms with van der Waals surface area (Å²) in [6, 6.07) is 27.6. The molecule has 0 aliphatic carbocycles. The molecule has 69 heavy (non-hydrogen) atoms. The third-order valence-electron chi connectivity index (χ3n) is 13.0. The van der Waals surface area contributed by atoms with Crippen LogP contribution < -0.4 is 14.8 Å². The van der Waals surface area contributed by atoms with Gasteiger partial charge in [0, 0.05) is 23.2 Å². The Labute approximate surface area is 423 Å². The Kier molecular flexibility index (Phi) is 16.2. The number of aromatic nitrogens is 3. The van der Waals surface area contributed by atoms with Crippen LogP contribution >= 0.6 is 39.1 Å². The largest absolute Gasteiger partial charge is 0.491 e. The van der Waals surface area contributed by atoms with Crippen LogP contribution in [-0.4, -0.2) is 107 Å². The van der Waals surface area contributed by atoms with E-state index in [0.717, 1.165) is 106 Å². The number of nitrogens with one attached hydrogen (secondary N) is 2. The van der Waals surface area contributed by atoms with Crippen molar-refractivity contribution in [3.8, 4) is 33.8 Å². The molecule has 2 aliphatic heterocycles. The van der Waals surface area contributed by atoms with Gasteiger partial charge >= 0.3 is 0 Å². The Balaban J connectivity index is 0.000000186. The first-order chi connectivity index (χ1) is 33.1. The van der Waals surface area contributed by atoms with Crippen LogP contribution in [0.4, 0.5) is 11.5 Å². The normalized spacial score (nSPS) is 15.5. The quantitative estimate of drug-likeness (QED) is 0.107. The summed E-state index contributed by atoms with van der Waals surface area (Å²) in [5.41, 5.74) is 5.72. The highest BCUT2D eigenvalue weighted by Crippen LogP contribution is 2.41. The van der Waals surface area contributed by atoms with Crippen LogP contribution in [0.3, 0.4) is 0 Å². The molecule has 0 bridgehead atoms. The number of hydrogen-bond acceptors (Lipinski definition) is 11. The molecule has 2 N–H and O–H groups in total. The predicted molar refractivity (Wildman–Crippen MR) is 283 cm³/mol. The summed E-state index contributed by atoms with van der Waals surface area (Å²) < 4.78 is 63.2. The van der Waals surface area contributed by atoms with Crippen LogP contribution in [0.15, 0.2) is 118 Å². The standard InChI is InChI=1S/C26H29BrClN3O3S.C26H28ClN3O3S/c1-3-35(32,33)22-6-4-5-19(13-22)20-7-8-25(34-17-18-9-11-31(2)12-10-18)24(14-20)30-26-23(27)15-21(28)16-29-26;1-3-34(31,32)20-6-4-5-18(13-20)21-7-8-23(33-16-17-9-11-30(2)12-10-17)25-24(21)22-14-19(27)15-28-26(22)29-25/h4-8,13-16,18H,3,9-12,17H2,1-2H3,(H,29,30);4-8,13-15,17H,3,9-12,16H2,1-2H3,(H,28,29). The van der Waals surface area contributed by atoms with Crippen molar-refractivity contribution in [1.29, 1.82) is 0 Å². The smallest absolute Gasteiger partial charge is 0.178 e. The number of aromatic amines is 1. The Morgan fingerprint density at radius 1 is 0.681 bits per heavy atom. The summed E-state index contributed by atoms with van der Waals surface area (Å²) in [6.45, 7) is 8.95. The van der Waals surface area contributed by atoms with Gasteiger partial charge < -0.3 is 29.6 Å². The number of likely N-dealkylation sites (tertiary alicyclic amines) is 2. The molecule has 5 heterocycles. The molecule has 0 radical (unpaired) electrons. The molecular formula is C52H57BrCl2N6O6S2. The van der Waals surface area contributed by atoms with E-state index in [1.165, 1.54) is 0 Å². The summed E-state index contributed by atoms with van der Waals surface area (Å²) in [5, 5.41) is 6.24. The zero-order valence-electron chi connectivity index (χ0n) is 39.1. The summed E-state index contributed by atoms with van der Waals surface area (Å²) >= 11 is 15.9. The van der Waals surface area contributed by atoms with Crippen molar-refractivity contribution in [1.82, 2.24) is 24.8 Å². The van der Waals surface area contributed by atoms with Gasteiger partial charge in [-0.25, -0.2) is 26.8 Å². The highest BCUT2D eigenvalue weighted by atomic mass is 79.9. The van der Waals surface area contributed by atoms with Crippen LogP contribution in [0.1, 0.15) is 39.5 Å². The summed E-state index contributed by atoms with van der Waals surface area (Å²) in [6.07, 6.45) is 7.67. The lowest BCUT2D eigenvalue weighted by Gasteiger charge is -2.29. The summed E-state index contributed by atoms with van der Waals surface area (Å²) in [5.74, 6) is 3.25.